The topological polar surface area (TPSA) is 79.7 Å². The fourth-order valence-electron chi connectivity index (χ4n) is 2.79. The number of rotatable bonds is 4. The van der Waals surface area contributed by atoms with Crippen molar-refractivity contribution in [3.05, 3.63) is 16.4 Å². The van der Waals surface area contributed by atoms with Gasteiger partial charge in [-0.25, -0.2) is 0 Å². The van der Waals surface area contributed by atoms with Gasteiger partial charge in [0.1, 0.15) is 0 Å². The highest BCUT2D eigenvalue weighted by molar-refractivity contribution is 8.00. The van der Waals surface area contributed by atoms with Crippen molar-refractivity contribution in [3.63, 3.8) is 0 Å². The van der Waals surface area contributed by atoms with Gasteiger partial charge in [-0.05, 0) is 26.0 Å². The van der Waals surface area contributed by atoms with Crippen molar-refractivity contribution in [2.75, 3.05) is 19.3 Å². The number of oxime groups is 1. The number of nitrogens with zero attached hydrogens (tertiary/aromatic N) is 4. The molecular weight excluding hydrogens is 310 g/mol. The lowest BCUT2D eigenvalue weighted by atomic mass is 9.94. The number of hydrogen-bond donors (Lipinski definition) is 2. The summed E-state index contributed by atoms with van der Waals surface area (Å²) in [5.41, 5.74) is 7.77. The molecule has 0 aliphatic carbocycles. The second kappa shape index (κ2) is 6.46. The van der Waals surface area contributed by atoms with Crippen molar-refractivity contribution in [2.24, 2.45) is 17.9 Å². The molecule has 0 amide bonds. The molecule has 0 radical (unpaired) electrons. The minimum atomic E-state index is -0.253. The minimum absolute atomic E-state index is 0.253. The van der Waals surface area contributed by atoms with Crippen molar-refractivity contribution in [1.29, 1.82) is 0 Å². The SMILES string of the molecule is CSC1(C(N)=NO)CCN(Cc2c(Cl)c(C)nn2C)CC1. The van der Waals surface area contributed by atoms with Crippen LogP contribution in [0, 0.1) is 6.92 Å². The van der Waals surface area contributed by atoms with E-state index in [4.69, 9.17) is 22.5 Å². The highest BCUT2D eigenvalue weighted by atomic mass is 35.5. The molecular formula is C13H22ClN5OS. The smallest absolute Gasteiger partial charge is 0.155 e. The molecule has 0 atom stereocenters. The Hall–Kier alpha value is -0.920. The van der Waals surface area contributed by atoms with E-state index >= 15 is 0 Å². The van der Waals surface area contributed by atoms with Gasteiger partial charge in [0.05, 0.1) is 21.2 Å². The van der Waals surface area contributed by atoms with Crippen LogP contribution in [0.3, 0.4) is 0 Å². The number of hydrogen-bond acceptors (Lipinski definition) is 5. The summed E-state index contributed by atoms with van der Waals surface area (Å²) in [4.78, 5) is 2.33. The fourth-order valence-corrected chi connectivity index (χ4v) is 3.85. The molecule has 2 heterocycles. The van der Waals surface area contributed by atoms with E-state index < -0.39 is 0 Å². The first-order chi connectivity index (χ1) is 9.93. The molecule has 0 bridgehead atoms. The van der Waals surface area contributed by atoms with Gasteiger partial charge in [0.15, 0.2) is 5.84 Å². The molecule has 0 aromatic carbocycles. The molecule has 1 aromatic heterocycles. The van der Waals surface area contributed by atoms with Crippen molar-refractivity contribution in [2.45, 2.75) is 31.1 Å². The average molecular weight is 332 g/mol. The molecule has 1 saturated heterocycles. The highest BCUT2D eigenvalue weighted by Crippen LogP contribution is 2.35. The molecule has 1 fully saturated rings. The third-order valence-electron chi connectivity index (χ3n) is 4.26. The number of thioether (sulfide) groups is 1. The molecule has 118 valence electrons. The van der Waals surface area contributed by atoms with Gasteiger partial charge >= 0.3 is 0 Å². The second-order valence-corrected chi connectivity index (χ2v) is 7.00. The van der Waals surface area contributed by atoms with Crippen LogP contribution in [-0.4, -0.2) is 49.8 Å². The van der Waals surface area contributed by atoms with E-state index in [1.165, 1.54) is 0 Å². The largest absolute Gasteiger partial charge is 0.409 e. The average Bonchev–Trinajstić information content (AvgIpc) is 2.74. The van der Waals surface area contributed by atoms with E-state index in [1.807, 2.05) is 24.9 Å². The number of amidine groups is 1. The molecule has 1 aliphatic rings. The quantitative estimate of drug-likeness (QED) is 0.381. The van der Waals surface area contributed by atoms with Gasteiger partial charge in [0.25, 0.3) is 0 Å². The Kier molecular flexibility index (Phi) is 5.06. The molecule has 0 unspecified atom stereocenters. The highest BCUT2D eigenvalue weighted by Gasteiger charge is 2.38. The zero-order valence-corrected chi connectivity index (χ0v) is 14.2. The van der Waals surface area contributed by atoms with Crippen LogP contribution in [0.4, 0.5) is 0 Å². The van der Waals surface area contributed by atoms with Crippen LogP contribution < -0.4 is 5.73 Å². The predicted molar refractivity (Wildman–Crippen MR) is 87.1 cm³/mol. The minimum Gasteiger partial charge on any atom is -0.409 e. The van der Waals surface area contributed by atoms with E-state index in [2.05, 4.69) is 15.2 Å². The first-order valence-electron chi connectivity index (χ1n) is 6.87. The monoisotopic (exact) mass is 331 g/mol. The Labute approximate surface area is 134 Å². The second-order valence-electron chi connectivity index (χ2n) is 5.43. The molecule has 21 heavy (non-hydrogen) atoms. The molecule has 3 N–H and O–H groups in total. The number of halogens is 1. The van der Waals surface area contributed by atoms with Crippen LogP contribution in [0.1, 0.15) is 24.2 Å². The molecule has 1 aromatic rings. The Balaban J connectivity index is 2.04. The normalized spacial score (nSPS) is 19.9. The van der Waals surface area contributed by atoms with Gasteiger partial charge in [-0.2, -0.15) is 16.9 Å². The summed E-state index contributed by atoms with van der Waals surface area (Å²) < 4.78 is 1.59. The van der Waals surface area contributed by atoms with E-state index in [9.17, 15) is 0 Å². The predicted octanol–water partition coefficient (Wildman–Crippen LogP) is 1.83. The Morgan fingerprint density at radius 2 is 2.14 bits per heavy atom. The summed E-state index contributed by atoms with van der Waals surface area (Å²) in [5.74, 6) is 0.323. The third kappa shape index (κ3) is 3.14. The maximum Gasteiger partial charge on any atom is 0.155 e. The molecule has 1 aliphatic heterocycles. The van der Waals surface area contributed by atoms with Crippen molar-refractivity contribution < 1.29 is 5.21 Å². The zero-order chi connectivity index (χ0) is 15.6. The molecule has 0 saturated carbocycles. The van der Waals surface area contributed by atoms with E-state index in [0.29, 0.717) is 5.84 Å². The van der Waals surface area contributed by atoms with E-state index in [1.54, 1.807) is 11.8 Å². The van der Waals surface area contributed by atoms with Crippen molar-refractivity contribution >= 4 is 29.2 Å². The lowest BCUT2D eigenvalue weighted by molar-refractivity contribution is 0.205. The Morgan fingerprint density at radius 1 is 1.52 bits per heavy atom. The van der Waals surface area contributed by atoms with Gasteiger partial charge in [0, 0.05) is 26.7 Å². The van der Waals surface area contributed by atoms with Crippen molar-refractivity contribution in [3.8, 4) is 0 Å². The Bertz CT molecular complexity index is 537. The van der Waals surface area contributed by atoms with Crippen LogP contribution in [0.15, 0.2) is 5.16 Å². The number of likely N-dealkylation sites (tertiary alicyclic amines) is 1. The third-order valence-corrected chi connectivity index (χ3v) is 6.15. The maximum absolute atomic E-state index is 8.97. The van der Waals surface area contributed by atoms with E-state index in [0.717, 1.165) is 48.9 Å². The van der Waals surface area contributed by atoms with Gasteiger partial charge in [-0.1, -0.05) is 16.8 Å². The lowest BCUT2D eigenvalue weighted by Gasteiger charge is -2.39. The number of aryl methyl sites for hydroxylation is 2. The summed E-state index contributed by atoms with van der Waals surface area (Å²) in [6, 6.07) is 0. The van der Waals surface area contributed by atoms with E-state index in [-0.39, 0.29) is 4.75 Å². The van der Waals surface area contributed by atoms with Crippen LogP contribution in [-0.2, 0) is 13.6 Å². The lowest BCUT2D eigenvalue weighted by Crippen LogP contribution is -2.50. The number of nitrogens with two attached hydrogens (primary N) is 1. The fraction of sp³-hybridized carbons (Fsp3) is 0.692. The van der Waals surface area contributed by atoms with Crippen LogP contribution in [0.2, 0.25) is 5.02 Å². The standard InChI is InChI=1S/C13H22ClN5OS/c1-9-11(14)10(18(2)16-9)8-19-6-4-13(21-3,5-7-19)12(15)17-20/h20H,4-8H2,1-3H3,(H2,15,17). The summed E-state index contributed by atoms with van der Waals surface area (Å²) >= 11 is 7.96. The molecule has 6 nitrogen and oxygen atoms in total. The summed E-state index contributed by atoms with van der Waals surface area (Å²) in [6.07, 6.45) is 3.73. The Morgan fingerprint density at radius 3 is 2.57 bits per heavy atom. The number of piperidine rings is 1. The molecule has 0 spiro atoms. The van der Waals surface area contributed by atoms with Gasteiger partial charge in [-0.3, -0.25) is 9.58 Å². The molecule has 2 rings (SSSR count). The number of aromatic nitrogens is 2. The molecule has 8 heteroatoms. The van der Waals surface area contributed by atoms with Gasteiger partial charge < -0.3 is 10.9 Å². The summed E-state index contributed by atoms with van der Waals surface area (Å²) in [7, 11) is 1.92. The summed E-state index contributed by atoms with van der Waals surface area (Å²) in [5, 5.41) is 17.3. The van der Waals surface area contributed by atoms with Gasteiger partial charge in [-0.15, -0.1) is 0 Å². The van der Waals surface area contributed by atoms with Crippen LogP contribution in [0.5, 0.6) is 0 Å². The van der Waals surface area contributed by atoms with Gasteiger partial charge in [0.2, 0.25) is 0 Å². The van der Waals surface area contributed by atoms with Crippen molar-refractivity contribution in [1.82, 2.24) is 14.7 Å². The van der Waals surface area contributed by atoms with Crippen LogP contribution >= 0.6 is 23.4 Å². The maximum atomic E-state index is 8.97. The first kappa shape index (κ1) is 16.5. The first-order valence-corrected chi connectivity index (χ1v) is 8.47. The summed E-state index contributed by atoms with van der Waals surface area (Å²) in [6.45, 7) is 4.46. The van der Waals surface area contributed by atoms with Crippen LogP contribution in [0.25, 0.3) is 0 Å². The zero-order valence-electron chi connectivity index (χ0n) is 12.6.